The number of hydrogen-bond donors (Lipinski definition) is 2. The third kappa shape index (κ3) is 4.15. The van der Waals surface area contributed by atoms with Crippen molar-refractivity contribution in [2.24, 2.45) is 0 Å². The molecule has 1 aromatic carbocycles. The molecule has 1 heterocycles. The van der Waals surface area contributed by atoms with E-state index in [-0.39, 0.29) is 0 Å². The highest BCUT2D eigenvalue weighted by Crippen LogP contribution is 2.19. The zero-order chi connectivity index (χ0) is 13.7. The van der Waals surface area contributed by atoms with E-state index in [1.165, 1.54) is 0 Å². The van der Waals surface area contributed by atoms with E-state index in [0.29, 0.717) is 19.5 Å². The Bertz CT molecular complexity index is 652. The van der Waals surface area contributed by atoms with Crippen molar-refractivity contribution in [3.05, 3.63) is 30.5 Å². The fourth-order valence-corrected chi connectivity index (χ4v) is 2.23. The fraction of sp³-hybridized carbons (Fsp3) is 0.333. The maximum atomic E-state index is 10.9. The molecule has 0 saturated carbocycles. The van der Waals surface area contributed by atoms with Crippen LogP contribution in [0.2, 0.25) is 0 Å². The molecule has 2 N–H and O–H groups in total. The number of fused-ring (bicyclic) bond motifs is 1. The molecule has 0 amide bonds. The summed E-state index contributed by atoms with van der Waals surface area (Å²) in [5.41, 5.74) is 1.74. The smallest absolute Gasteiger partial charge is 0.208 e. The highest BCUT2D eigenvalue weighted by Gasteiger charge is 2.02. The molecule has 2 aromatic rings. The summed E-state index contributed by atoms with van der Waals surface area (Å²) < 4.78 is 24.2. The van der Waals surface area contributed by atoms with Gasteiger partial charge in [-0.05, 0) is 12.5 Å². The second-order valence-corrected chi connectivity index (χ2v) is 6.06. The first-order chi connectivity index (χ1) is 9.06. The van der Waals surface area contributed by atoms with Gasteiger partial charge in [0, 0.05) is 18.5 Å². The third-order valence-corrected chi connectivity index (χ3v) is 3.31. The lowest BCUT2D eigenvalue weighted by Gasteiger charge is -2.08. The van der Waals surface area contributed by atoms with Gasteiger partial charge in [-0.3, -0.25) is 0 Å². The fourth-order valence-electron chi connectivity index (χ4n) is 1.72. The maximum Gasteiger partial charge on any atom is 0.208 e. The van der Waals surface area contributed by atoms with E-state index < -0.39 is 10.0 Å². The van der Waals surface area contributed by atoms with Gasteiger partial charge in [-0.2, -0.15) is 10.2 Å². The Morgan fingerprint density at radius 3 is 2.79 bits per heavy atom. The van der Waals surface area contributed by atoms with Crippen molar-refractivity contribution in [1.29, 1.82) is 0 Å². The SMILES string of the molecule is CS(=O)(=O)NCCCNc1cnnc2ccccc12. The predicted octanol–water partition coefficient (Wildman–Crippen LogP) is 0.981. The van der Waals surface area contributed by atoms with E-state index in [2.05, 4.69) is 20.2 Å². The number of nitrogens with zero attached hydrogens (tertiary/aromatic N) is 2. The summed E-state index contributed by atoms with van der Waals surface area (Å²) in [4.78, 5) is 0. The van der Waals surface area contributed by atoms with E-state index in [1.54, 1.807) is 6.20 Å². The second-order valence-electron chi connectivity index (χ2n) is 4.22. The van der Waals surface area contributed by atoms with Gasteiger partial charge in [0.2, 0.25) is 10.0 Å². The summed E-state index contributed by atoms with van der Waals surface area (Å²) in [5, 5.41) is 12.2. The molecular formula is C12H16N4O2S. The number of anilines is 1. The van der Waals surface area contributed by atoms with Gasteiger partial charge in [0.15, 0.2) is 0 Å². The van der Waals surface area contributed by atoms with Gasteiger partial charge in [-0.15, -0.1) is 0 Å². The van der Waals surface area contributed by atoms with Crippen molar-refractivity contribution >= 4 is 26.6 Å². The number of nitrogens with one attached hydrogen (secondary N) is 2. The Kier molecular flexibility index (Phi) is 4.28. The van der Waals surface area contributed by atoms with Crippen molar-refractivity contribution in [3.8, 4) is 0 Å². The van der Waals surface area contributed by atoms with Crippen LogP contribution in [-0.4, -0.2) is 38.0 Å². The highest BCUT2D eigenvalue weighted by molar-refractivity contribution is 7.88. The third-order valence-electron chi connectivity index (χ3n) is 2.58. The molecule has 0 spiro atoms. The van der Waals surface area contributed by atoms with Crippen molar-refractivity contribution in [2.75, 3.05) is 24.7 Å². The molecule has 0 radical (unpaired) electrons. The summed E-state index contributed by atoms with van der Waals surface area (Å²) >= 11 is 0. The summed E-state index contributed by atoms with van der Waals surface area (Å²) in [7, 11) is -3.10. The zero-order valence-corrected chi connectivity index (χ0v) is 11.4. The van der Waals surface area contributed by atoms with Crippen LogP contribution < -0.4 is 10.0 Å². The van der Waals surface area contributed by atoms with Gasteiger partial charge in [0.25, 0.3) is 0 Å². The largest absolute Gasteiger partial charge is 0.383 e. The molecule has 0 saturated heterocycles. The van der Waals surface area contributed by atoms with Crippen LogP contribution >= 0.6 is 0 Å². The first-order valence-corrected chi connectivity index (χ1v) is 7.84. The Labute approximate surface area is 112 Å². The molecule has 7 heteroatoms. The molecular weight excluding hydrogens is 264 g/mol. The normalized spacial score (nSPS) is 11.6. The van der Waals surface area contributed by atoms with Crippen LogP contribution in [0.4, 0.5) is 5.69 Å². The minimum absolute atomic E-state index is 0.419. The van der Waals surface area contributed by atoms with Gasteiger partial charge in [0.1, 0.15) is 0 Å². The number of benzene rings is 1. The van der Waals surface area contributed by atoms with Crippen molar-refractivity contribution in [3.63, 3.8) is 0 Å². The molecule has 2 rings (SSSR count). The van der Waals surface area contributed by atoms with Crippen molar-refractivity contribution in [2.45, 2.75) is 6.42 Å². The topological polar surface area (TPSA) is 84.0 Å². The standard InChI is InChI=1S/C12H16N4O2S/c1-19(17,18)15-8-4-7-13-12-9-14-16-11-6-3-2-5-10(11)12/h2-3,5-6,9,15H,4,7-8H2,1H3,(H,13,16). The first kappa shape index (κ1) is 13.7. The van der Waals surface area contributed by atoms with E-state index in [0.717, 1.165) is 22.8 Å². The molecule has 102 valence electrons. The summed E-state index contributed by atoms with van der Waals surface area (Å²) in [6, 6.07) is 7.73. The molecule has 19 heavy (non-hydrogen) atoms. The van der Waals surface area contributed by atoms with Crippen LogP contribution in [0.3, 0.4) is 0 Å². The second kappa shape index (κ2) is 5.94. The molecule has 0 atom stereocenters. The van der Waals surface area contributed by atoms with Crippen molar-refractivity contribution in [1.82, 2.24) is 14.9 Å². The quantitative estimate of drug-likeness (QED) is 0.771. The van der Waals surface area contributed by atoms with Gasteiger partial charge >= 0.3 is 0 Å². The van der Waals surface area contributed by atoms with Crippen LogP contribution in [0.5, 0.6) is 0 Å². The average Bonchev–Trinajstić information content (AvgIpc) is 2.37. The van der Waals surface area contributed by atoms with E-state index in [1.807, 2.05) is 24.3 Å². The molecule has 0 aliphatic carbocycles. The van der Waals surface area contributed by atoms with Gasteiger partial charge in [-0.1, -0.05) is 18.2 Å². The van der Waals surface area contributed by atoms with Crippen LogP contribution in [-0.2, 0) is 10.0 Å². The Hall–Kier alpha value is -1.73. The molecule has 1 aromatic heterocycles. The lowest BCUT2D eigenvalue weighted by atomic mass is 10.2. The van der Waals surface area contributed by atoms with Gasteiger partial charge in [0.05, 0.1) is 23.7 Å². The Morgan fingerprint density at radius 1 is 1.21 bits per heavy atom. The molecule has 0 bridgehead atoms. The summed E-state index contributed by atoms with van der Waals surface area (Å²) in [6.45, 7) is 1.08. The highest BCUT2D eigenvalue weighted by atomic mass is 32.2. The Morgan fingerprint density at radius 2 is 2.00 bits per heavy atom. The van der Waals surface area contributed by atoms with E-state index in [4.69, 9.17) is 0 Å². The molecule has 0 fully saturated rings. The monoisotopic (exact) mass is 280 g/mol. The minimum Gasteiger partial charge on any atom is -0.383 e. The van der Waals surface area contributed by atoms with E-state index >= 15 is 0 Å². The lowest BCUT2D eigenvalue weighted by Crippen LogP contribution is -2.24. The van der Waals surface area contributed by atoms with E-state index in [9.17, 15) is 8.42 Å². The van der Waals surface area contributed by atoms with Crippen LogP contribution in [0.25, 0.3) is 10.9 Å². The molecule has 6 nitrogen and oxygen atoms in total. The van der Waals surface area contributed by atoms with Crippen molar-refractivity contribution < 1.29 is 8.42 Å². The lowest BCUT2D eigenvalue weighted by molar-refractivity contribution is 0.586. The Balaban J connectivity index is 1.92. The number of hydrogen-bond acceptors (Lipinski definition) is 5. The molecule has 0 aliphatic heterocycles. The first-order valence-electron chi connectivity index (χ1n) is 5.95. The van der Waals surface area contributed by atoms with Gasteiger partial charge < -0.3 is 5.32 Å². The van der Waals surface area contributed by atoms with Crippen LogP contribution in [0.15, 0.2) is 30.5 Å². The number of aromatic nitrogens is 2. The number of rotatable bonds is 6. The van der Waals surface area contributed by atoms with Crippen LogP contribution in [0.1, 0.15) is 6.42 Å². The predicted molar refractivity (Wildman–Crippen MR) is 75.5 cm³/mol. The minimum atomic E-state index is -3.10. The zero-order valence-electron chi connectivity index (χ0n) is 10.6. The van der Waals surface area contributed by atoms with Gasteiger partial charge in [-0.25, -0.2) is 13.1 Å². The van der Waals surface area contributed by atoms with Crippen LogP contribution in [0, 0.1) is 0 Å². The molecule has 0 unspecified atom stereocenters. The summed E-state index contributed by atoms with van der Waals surface area (Å²) in [6.07, 6.45) is 3.52. The molecule has 0 aliphatic rings. The number of sulfonamides is 1. The summed E-state index contributed by atoms with van der Waals surface area (Å²) in [5.74, 6) is 0. The maximum absolute atomic E-state index is 10.9. The average molecular weight is 280 g/mol.